The first kappa shape index (κ1) is 25.5. The molecule has 0 aliphatic rings. The number of aromatic nitrogens is 1. The van der Waals surface area contributed by atoms with Crippen LogP contribution in [0.25, 0.3) is 0 Å². The van der Waals surface area contributed by atoms with Gasteiger partial charge in [-0.1, -0.05) is 30.3 Å². The number of aryl methyl sites for hydroxylation is 2. The molecule has 0 spiro atoms. The Balaban J connectivity index is 0.000000251. The van der Waals surface area contributed by atoms with E-state index in [-0.39, 0.29) is 5.41 Å². The minimum absolute atomic E-state index is 0.238. The fraction of sp³-hybridized carbons (Fsp3) is 0.261. The largest absolute Gasteiger partial charge is 0.670 e. The summed E-state index contributed by atoms with van der Waals surface area (Å²) in [7, 11) is 0. The SMILES string of the molecule is CC(C)(C)[CH]=[W]=[N]c1c(Cl)cccc1Cl.Cc1cccc(C)c1O.c1cc[n-]c1. The molecule has 156 valence electrons. The number of phenolic OH excluding ortho intramolecular Hbond substituents is 1. The third kappa shape index (κ3) is 10.7. The van der Waals surface area contributed by atoms with Crippen molar-refractivity contribution < 1.29 is 23.0 Å². The van der Waals surface area contributed by atoms with Crippen molar-refractivity contribution in [1.82, 2.24) is 4.98 Å². The van der Waals surface area contributed by atoms with Crippen molar-refractivity contribution in [3.8, 4) is 5.75 Å². The van der Waals surface area contributed by atoms with E-state index >= 15 is 0 Å². The minimum Gasteiger partial charge on any atom is -0.670 e. The molecule has 0 amide bonds. The van der Waals surface area contributed by atoms with Crippen LogP contribution in [0.4, 0.5) is 5.69 Å². The monoisotopic (exact) mass is 601 g/mol. The summed E-state index contributed by atoms with van der Waals surface area (Å²) in [6, 6.07) is 15.0. The maximum absolute atomic E-state index is 9.21. The minimum atomic E-state index is -0.850. The van der Waals surface area contributed by atoms with E-state index in [9.17, 15) is 5.11 Å². The third-order valence-corrected chi connectivity index (χ3v) is 7.95. The van der Waals surface area contributed by atoms with Crippen LogP contribution in [-0.4, -0.2) is 9.51 Å². The topological polar surface area (TPSA) is 46.7 Å². The Labute approximate surface area is 192 Å². The van der Waals surface area contributed by atoms with E-state index in [0.29, 0.717) is 15.8 Å². The summed E-state index contributed by atoms with van der Waals surface area (Å²) < 4.78 is 6.84. The summed E-state index contributed by atoms with van der Waals surface area (Å²) in [6.07, 6.45) is 3.50. The Kier molecular flexibility index (Phi) is 11.3. The smallest absolute Gasteiger partial charge is 0.121 e. The molecule has 3 rings (SSSR count). The van der Waals surface area contributed by atoms with E-state index in [0.717, 1.165) is 16.8 Å². The fourth-order valence-electron chi connectivity index (χ4n) is 1.87. The Morgan fingerprint density at radius 2 is 1.38 bits per heavy atom. The molecule has 1 heterocycles. The normalized spacial score (nSPS) is 10.0. The second-order valence-electron chi connectivity index (χ2n) is 7.32. The van der Waals surface area contributed by atoms with Gasteiger partial charge in [0, 0.05) is 0 Å². The zero-order valence-electron chi connectivity index (χ0n) is 17.4. The molecule has 0 aliphatic heterocycles. The summed E-state index contributed by atoms with van der Waals surface area (Å²) in [5.74, 6) is 0.414. The molecule has 6 heteroatoms. The average Bonchev–Trinajstić information content (AvgIpc) is 3.22. The van der Waals surface area contributed by atoms with Gasteiger partial charge in [-0.05, 0) is 25.0 Å². The molecular weight excluding hydrogens is 575 g/mol. The van der Waals surface area contributed by atoms with Gasteiger partial charge >= 0.3 is 109 Å². The number of para-hydroxylation sites is 1. The van der Waals surface area contributed by atoms with E-state index in [1.54, 1.807) is 12.4 Å². The van der Waals surface area contributed by atoms with Crippen LogP contribution in [-0.2, 0) is 17.9 Å². The van der Waals surface area contributed by atoms with Gasteiger partial charge in [0.1, 0.15) is 5.75 Å². The van der Waals surface area contributed by atoms with Crippen molar-refractivity contribution in [3.63, 3.8) is 0 Å². The number of hydrogen-bond donors (Lipinski definition) is 1. The fourth-order valence-corrected chi connectivity index (χ4v) is 5.16. The first-order chi connectivity index (χ1) is 13.6. The van der Waals surface area contributed by atoms with Crippen LogP contribution >= 0.6 is 23.2 Å². The molecule has 1 aromatic heterocycles. The van der Waals surface area contributed by atoms with E-state index < -0.39 is 17.9 Å². The van der Waals surface area contributed by atoms with Crippen LogP contribution in [0.3, 0.4) is 0 Å². The predicted molar refractivity (Wildman–Crippen MR) is 121 cm³/mol. The molecule has 3 nitrogen and oxygen atoms in total. The summed E-state index contributed by atoms with van der Waals surface area (Å²) in [5, 5.41) is 10.5. The maximum Gasteiger partial charge on any atom is 0.121 e. The third-order valence-electron chi connectivity index (χ3n) is 3.38. The molecule has 0 atom stereocenters. The van der Waals surface area contributed by atoms with Gasteiger partial charge in [-0.25, -0.2) is 0 Å². The van der Waals surface area contributed by atoms with Crippen molar-refractivity contribution in [2.24, 2.45) is 8.91 Å². The molecule has 0 unspecified atom stereocenters. The number of rotatable bonds is 1. The maximum atomic E-state index is 9.21. The molecule has 3 aromatic rings. The Morgan fingerprint density at radius 3 is 1.76 bits per heavy atom. The summed E-state index contributed by atoms with van der Waals surface area (Å²) in [5.41, 5.74) is 2.87. The van der Waals surface area contributed by atoms with Gasteiger partial charge in [0.05, 0.1) is 0 Å². The molecule has 0 fully saturated rings. The standard InChI is InChI=1S/C8H10O.C6H3Cl2N.C5H10.C4H4N.W/c1-6-4-3-5-7(2)8(6)9;7-4-2-1-3-5(8)6(4)9;1-5(2,3)4;1-2-4-5-3-1;/h3-5,9H,1-2H3;1-3H;1H,2-4H3;1-4H;/q;;;-1;. The van der Waals surface area contributed by atoms with E-state index in [4.69, 9.17) is 23.2 Å². The molecule has 29 heavy (non-hydrogen) atoms. The van der Waals surface area contributed by atoms with Crippen LogP contribution in [0.1, 0.15) is 31.9 Å². The van der Waals surface area contributed by atoms with Crippen molar-refractivity contribution in [3.05, 3.63) is 82.1 Å². The Bertz CT molecular complexity index is 884. The molecular formula is C23H27Cl2N2OW-. The Morgan fingerprint density at radius 1 is 0.897 bits per heavy atom. The van der Waals surface area contributed by atoms with Gasteiger partial charge in [0.25, 0.3) is 0 Å². The van der Waals surface area contributed by atoms with Gasteiger partial charge in [-0.3, -0.25) is 0 Å². The molecule has 2 aromatic carbocycles. The number of halogens is 2. The summed E-state index contributed by atoms with van der Waals surface area (Å²) >= 11 is 11.2. The predicted octanol–water partition coefficient (Wildman–Crippen LogP) is 7.39. The zero-order valence-corrected chi connectivity index (χ0v) is 21.8. The van der Waals surface area contributed by atoms with Gasteiger partial charge in [0.15, 0.2) is 0 Å². The molecule has 0 saturated carbocycles. The molecule has 1 N–H and O–H groups in total. The van der Waals surface area contributed by atoms with Gasteiger partial charge in [-0.2, -0.15) is 12.4 Å². The van der Waals surface area contributed by atoms with Crippen LogP contribution in [0.15, 0.2) is 64.4 Å². The molecule has 0 saturated heterocycles. The van der Waals surface area contributed by atoms with Gasteiger partial charge < -0.3 is 10.1 Å². The van der Waals surface area contributed by atoms with Crippen molar-refractivity contribution >= 4 is 33.3 Å². The zero-order chi connectivity index (χ0) is 21.9. The van der Waals surface area contributed by atoms with Crippen molar-refractivity contribution in [1.29, 1.82) is 0 Å². The number of benzene rings is 2. The summed E-state index contributed by atoms with van der Waals surface area (Å²) in [4.78, 5) is 3.72. The van der Waals surface area contributed by atoms with Crippen LogP contribution in [0.2, 0.25) is 10.0 Å². The van der Waals surface area contributed by atoms with Crippen LogP contribution in [0.5, 0.6) is 5.75 Å². The van der Waals surface area contributed by atoms with Crippen molar-refractivity contribution in [2.45, 2.75) is 34.6 Å². The number of aromatic hydroxyl groups is 1. The number of hydrogen-bond acceptors (Lipinski definition) is 2. The average molecular weight is 602 g/mol. The first-order valence-electron chi connectivity index (χ1n) is 9.04. The Hall–Kier alpha value is -1.54. The quantitative estimate of drug-likeness (QED) is 0.316. The first-order valence-corrected chi connectivity index (χ1v) is 12.8. The van der Waals surface area contributed by atoms with Crippen LogP contribution < -0.4 is 4.98 Å². The van der Waals surface area contributed by atoms with Gasteiger partial charge in [-0.15, -0.1) is 0 Å². The molecule has 0 bridgehead atoms. The number of nitrogens with zero attached hydrogens (tertiary/aromatic N) is 2. The van der Waals surface area contributed by atoms with E-state index in [1.807, 2.05) is 62.4 Å². The van der Waals surface area contributed by atoms with E-state index in [1.165, 1.54) is 0 Å². The van der Waals surface area contributed by atoms with Crippen molar-refractivity contribution in [2.75, 3.05) is 0 Å². The van der Waals surface area contributed by atoms with Crippen LogP contribution in [0, 0.1) is 19.3 Å². The number of phenols is 1. The van der Waals surface area contributed by atoms with E-state index in [2.05, 4.69) is 33.7 Å². The second kappa shape index (κ2) is 12.9. The second-order valence-corrected chi connectivity index (χ2v) is 10.4. The summed E-state index contributed by atoms with van der Waals surface area (Å²) in [6.45, 7) is 10.3. The molecule has 0 aliphatic carbocycles. The molecule has 0 radical (unpaired) electrons. The van der Waals surface area contributed by atoms with Gasteiger partial charge in [0.2, 0.25) is 0 Å².